The number of nitrogens with one attached hydrogen (secondary N) is 1. The van der Waals surface area contributed by atoms with Crippen LogP contribution in [0, 0.1) is 0 Å². The van der Waals surface area contributed by atoms with Crippen molar-refractivity contribution in [2.24, 2.45) is 0 Å². The van der Waals surface area contributed by atoms with E-state index in [1.807, 2.05) is 55.5 Å². The first-order valence-electron chi connectivity index (χ1n) is 11.7. The fourth-order valence-corrected chi connectivity index (χ4v) is 3.85. The molecule has 36 heavy (non-hydrogen) atoms. The van der Waals surface area contributed by atoms with Gasteiger partial charge in [0.05, 0.1) is 28.2 Å². The highest BCUT2D eigenvalue weighted by atomic mass is 35.5. The van der Waals surface area contributed by atoms with Gasteiger partial charge in [-0.15, -0.1) is 0 Å². The second-order valence-corrected chi connectivity index (χ2v) is 8.61. The van der Waals surface area contributed by atoms with Crippen molar-refractivity contribution in [3.8, 4) is 11.5 Å². The van der Waals surface area contributed by atoms with E-state index >= 15 is 0 Å². The van der Waals surface area contributed by atoms with Gasteiger partial charge >= 0.3 is 0 Å². The van der Waals surface area contributed by atoms with Crippen LogP contribution in [-0.2, 0) is 4.79 Å². The van der Waals surface area contributed by atoms with Crippen LogP contribution >= 0.6 is 11.6 Å². The van der Waals surface area contributed by atoms with Crippen LogP contribution in [0.1, 0.15) is 32.1 Å². The van der Waals surface area contributed by atoms with Gasteiger partial charge in [-0.2, -0.15) is 0 Å². The molecular weight excluding hydrogens is 478 g/mol. The summed E-state index contributed by atoms with van der Waals surface area (Å²) >= 11 is 6.58. The smallest absolute Gasteiger partial charge is 0.219 e. The van der Waals surface area contributed by atoms with Crippen molar-refractivity contribution >= 4 is 39.9 Å². The number of benzene rings is 2. The molecule has 2 aromatic carbocycles. The van der Waals surface area contributed by atoms with E-state index in [1.165, 1.54) is 13.3 Å². The summed E-state index contributed by atoms with van der Waals surface area (Å²) in [4.78, 5) is 26.3. The fourth-order valence-electron chi connectivity index (χ4n) is 3.63. The van der Waals surface area contributed by atoms with Gasteiger partial charge in [0.2, 0.25) is 5.91 Å². The van der Waals surface area contributed by atoms with E-state index in [0.29, 0.717) is 35.5 Å². The number of hydrogen-bond acceptors (Lipinski definition) is 7. The maximum atomic E-state index is 11.5. The number of amides is 1. The molecule has 1 unspecified atom stereocenters. The van der Waals surface area contributed by atoms with Crippen LogP contribution in [0.5, 0.6) is 11.5 Å². The van der Waals surface area contributed by atoms with Crippen molar-refractivity contribution in [2.75, 3.05) is 25.5 Å². The summed E-state index contributed by atoms with van der Waals surface area (Å²) in [6, 6.07) is 16.9. The fraction of sp³-hybridized carbons (Fsp3) is 0.259. The van der Waals surface area contributed by atoms with Crippen molar-refractivity contribution in [3.63, 3.8) is 0 Å². The Morgan fingerprint density at radius 1 is 1.08 bits per heavy atom. The molecule has 4 rings (SSSR count). The number of halogens is 1. The summed E-state index contributed by atoms with van der Waals surface area (Å²) in [5, 5.41) is 4.53. The summed E-state index contributed by atoms with van der Waals surface area (Å²) in [7, 11) is 1.74. The summed E-state index contributed by atoms with van der Waals surface area (Å²) in [6.07, 6.45) is 3.80. The van der Waals surface area contributed by atoms with Crippen LogP contribution in [0.2, 0.25) is 5.02 Å². The van der Waals surface area contributed by atoms with E-state index in [9.17, 15) is 4.79 Å². The Kier molecular flexibility index (Phi) is 8.17. The second-order valence-electron chi connectivity index (χ2n) is 8.20. The zero-order valence-corrected chi connectivity index (χ0v) is 21.2. The van der Waals surface area contributed by atoms with Crippen LogP contribution in [0.15, 0.2) is 67.1 Å². The quantitative estimate of drug-likeness (QED) is 0.291. The molecule has 9 heteroatoms. The highest BCUT2D eigenvalue weighted by Crippen LogP contribution is 2.35. The Morgan fingerprint density at radius 3 is 2.67 bits per heavy atom. The lowest BCUT2D eigenvalue weighted by atomic mass is 10.2. The molecule has 1 amide bonds. The third kappa shape index (κ3) is 6.01. The summed E-state index contributed by atoms with van der Waals surface area (Å²) < 4.78 is 12.2. The zero-order chi connectivity index (χ0) is 25.5. The van der Waals surface area contributed by atoms with E-state index in [2.05, 4.69) is 20.3 Å². The molecule has 1 N–H and O–H groups in total. The van der Waals surface area contributed by atoms with Gasteiger partial charge in [-0.1, -0.05) is 30.7 Å². The number of carbonyl (C=O) groups excluding carboxylic acids is 1. The number of rotatable bonds is 10. The van der Waals surface area contributed by atoms with Crippen molar-refractivity contribution < 1.29 is 14.3 Å². The average molecular weight is 506 g/mol. The summed E-state index contributed by atoms with van der Waals surface area (Å²) in [5.41, 5.74) is 2.33. The molecule has 0 aliphatic heterocycles. The molecule has 0 aliphatic carbocycles. The van der Waals surface area contributed by atoms with Gasteiger partial charge in [-0.05, 0) is 48.9 Å². The molecule has 0 spiro atoms. The Hall–Kier alpha value is -3.91. The molecule has 2 aromatic heterocycles. The van der Waals surface area contributed by atoms with E-state index < -0.39 is 0 Å². The van der Waals surface area contributed by atoms with Crippen molar-refractivity contribution in [3.05, 3.63) is 77.8 Å². The Labute approximate surface area is 215 Å². The Balaban J connectivity index is 1.54. The van der Waals surface area contributed by atoms with E-state index in [-0.39, 0.29) is 12.0 Å². The highest BCUT2D eigenvalue weighted by Gasteiger charge is 2.16. The second kappa shape index (κ2) is 11.7. The SMILES string of the molecule is CCC(Oc1ccc(Nc2ncnc3cccc(OCCN(C)C(C)=O)c23)cc1Cl)c1ccccn1. The van der Waals surface area contributed by atoms with Crippen LogP contribution in [-0.4, -0.2) is 46.0 Å². The lowest BCUT2D eigenvalue weighted by Crippen LogP contribution is -2.28. The number of carbonyl (C=O) groups is 1. The van der Waals surface area contributed by atoms with Crippen LogP contribution < -0.4 is 14.8 Å². The van der Waals surface area contributed by atoms with Crippen molar-refractivity contribution in [2.45, 2.75) is 26.4 Å². The van der Waals surface area contributed by atoms with Gasteiger partial charge in [0, 0.05) is 25.9 Å². The van der Waals surface area contributed by atoms with Gasteiger partial charge in [0.25, 0.3) is 0 Å². The number of fused-ring (bicyclic) bond motifs is 1. The van der Waals surface area contributed by atoms with E-state index in [1.54, 1.807) is 24.2 Å². The zero-order valence-electron chi connectivity index (χ0n) is 20.4. The molecule has 0 radical (unpaired) electrons. The number of ether oxygens (including phenoxy) is 2. The average Bonchev–Trinajstić information content (AvgIpc) is 2.89. The lowest BCUT2D eigenvalue weighted by Gasteiger charge is -2.19. The van der Waals surface area contributed by atoms with E-state index in [0.717, 1.165) is 28.7 Å². The summed E-state index contributed by atoms with van der Waals surface area (Å²) in [6.45, 7) is 4.38. The number of pyridine rings is 1. The molecule has 0 saturated heterocycles. The number of hydrogen-bond donors (Lipinski definition) is 1. The maximum absolute atomic E-state index is 11.5. The normalized spacial score (nSPS) is 11.7. The Morgan fingerprint density at radius 2 is 1.94 bits per heavy atom. The minimum absolute atomic E-state index is 0.0168. The van der Waals surface area contributed by atoms with Crippen LogP contribution in [0.4, 0.5) is 11.5 Å². The van der Waals surface area contributed by atoms with Gasteiger partial charge in [0.1, 0.15) is 36.4 Å². The molecule has 4 aromatic rings. The molecule has 2 heterocycles. The predicted octanol–water partition coefficient (Wildman–Crippen LogP) is 5.81. The van der Waals surface area contributed by atoms with Crippen molar-refractivity contribution in [1.29, 1.82) is 0 Å². The number of aromatic nitrogens is 3. The molecule has 0 saturated carbocycles. The van der Waals surface area contributed by atoms with Crippen molar-refractivity contribution in [1.82, 2.24) is 19.9 Å². The molecular formula is C27H28ClN5O3. The predicted molar refractivity (Wildman–Crippen MR) is 141 cm³/mol. The van der Waals surface area contributed by atoms with Gasteiger partial charge in [-0.3, -0.25) is 9.78 Å². The number of anilines is 2. The minimum atomic E-state index is -0.199. The first-order valence-corrected chi connectivity index (χ1v) is 12.1. The monoisotopic (exact) mass is 505 g/mol. The molecule has 0 fully saturated rings. The third-order valence-electron chi connectivity index (χ3n) is 5.70. The third-order valence-corrected chi connectivity index (χ3v) is 5.99. The molecule has 186 valence electrons. The molecule has 1 atom stereocenters. The largest absolute Gasteiger partial charge is 0.491 e. The molecule has 0 bridgehead atoms. The standard InChI is InChI=1S/C27H28ClN5O3/c1-4-23(21-8-5-6-13-29-21)36-24-12-11-19(16-20(24)28)32-27-26-22(30-17-31-27)9-7-10-25(26)35-15-14-33(3)18(2)34/h5-13,16-17,23H,4,14-15H2,1-3H3,(H,30,31,32). The maximum Gasteiger partial charge on any atom is 0.219 e. The topological polar surface area (TPSA) is 89.5 Å². The number of nitrogens with zero attached hydrogens (tertiary/aromatic N) is 4. The first kappa shape index (κ1) is 25.2. The highest BCUT2D eigenvalue weighted by molar-refractivity contribution is 6.32. The lowest BCUT2D eigenvalue weighted by molar-refractivity contribution is -0.127. The molecule has 0 aliphatic rings. The van der Waals surface area contributed by atoms with E-state index in [4.69, 9.17) is 21.1 Å². The van der Waals surface area contributed by atoms with Gasteiger partial charge in [0.15, 0.2) is 0 Å². The molecule has 8 nitrogen and oxygen atoms in total. The van der Waals surface area contributed by atoms with Crippen LogP contribution in [0.3, 0.4) is 0 Å². The first-order chi connectivity index (χ1) is 17.5. The number of likely N-dealkylation sites (N-methyl/N-ethyl adjacent to an activating group) is 1. The van der Waals surface area contributed by atoms with Gasteiger partial charge in [-0.25, -0.2) is 9.97 Å². The Bertz CT molecular complexity index is 1330. The van der Waals surface area contributed by atoms with Gasteiger partial charge < -0.3 is 19.7 Å². The van der Waals surface area contributed by atoms with Crippen LogP contribution in [0.25, 0.3) is 10.9 Å². The minimum Gasteiger partial charge on any atom is -0.491 e. The summed E-state index contributed by atoms with van der Waals surface area (Å²) in [5.74, 6) is 1.77.